The molecule has 0 bridgehead atoms. The van der Waals surface area contributed by atoms with Crippen molar-refractivity contribution in [3.05, 3.63) is 75.8 Å². The first kappa shape index (κ1) is 19.2. The fourth-order valence-electron chi connectivity index (χ4n) is 3.05. The standard InChI is InChI=1S/C20H20N4O4/c25-19(22-21-14-15-6-8-18(9-7-15)24(27)28)16-10-12-23(13-11-16)20(26)17-4-2-1-3-5-17/h1-9,14,16H,10-13H2,(H,22,25)/b21-14-. The van der Waals surface area contributed by atoms with Gasteiger partial charge in [0.2, 0.25) is 5.91 Å². The number of likely N-dealkylation sites (tertiary alicyclic amines) is 1. The third kappa shape index (κ3) is 4.79. The van der Waals surface area contributed by atoms with Crippen LogP contribution in [0, 0.1) is 16.0 Å². The quantitative estimate of drug-likeness (QED) is 0.489. The normalized spacial score (nSPS) is 14.8. The molecule has 28 heavy (non-hydrogen) atoms. The van der Waals surface area contributed by atoms with Gasteiger partial charge in [-0.1, -0.05) is 18.2 Å². The van der Waals surface area contributed by atoms with E-state index in [1.54, 1.807) is 29.2 Å². The van der Waals surface area contributed by atoms with Crippen molar-refractivity contribution in [1.29, 1.82) is 0 Å². The van der Waals surface area contributed by atoms with Crippen molar-refractivity contribution in [3.8, 4) is 0 Å². The van der Waals surface area contributed by atoms with Crippen molar-refractivity contribution in [1.82, 2.24) is 10.3 Å². The Labute approximate surface area is 162 Å². The van der Waals surface area contributed by atoms with Gasteiger partial charge in [-0.3, -0.25) is 19.7 Å². The van der Waals surface area contributed by atoms with Crippen molar-refractivity contribution in [2.24, 2.45) is 11.0 Å². The molecule has 1 N–H and O–H groups in total. The molecule has 3 rings (SSSR count). The van der Waals surface area contributed by atoms with Crippen molar-refractivity contribution < 1.29 is 14.5 Å². The first-order valence-electron chi connectivity index (χ1n) is 8.96. The molecule has 1 fully saturated rings. The molecule has 1 saturated heterocycles. The summed E-state index contributed by atoms with van der Waals surface area (Å²) in [6.07, 6.45) is 2.60. The average molecular weight is 380 g/mol. The van der Waals surface area contributed by atoms with E-state index in [4.69, 9.17) is 0 Å². The van der Waals surface area contributed by atoms with Gasteiger partial charge in [-0.25, -0.2) is 5.43 Å². The van der Waals surface area contributed by atoms with E-state index in [1.807, 2.05) is 18.2 Å². The van der Waals surface area contributed by atoms with Gasteiger partial charge in [0, 0.05) is 36.7 Å². The van der Waals surface area contributed by atoms with Crippen LogP contribution in [0.25, 0.3) is 0 Å². The summed E-state index contributed by atoms with van der Waals surface area (Å²) in [7, 11) is 0. The second-order valence-corrected chi connectivity index (χ2v) is 6.52. The fraction of sp³-hybridized carbons (Fsp3) is 0.250. The number of carbonyl (C=O) groups is 2. The van der Waals surface area contributed by atoms with Crippen LogP contribution in [0.5, 0.6) is 0 Å². The SMILES string of the molecule is O=C(N/N=C\c1ccc([N+](=O)[O-])cc1)C1CCN(C(=O)c2ccccc2)CC1. The molecule has 0 saturated carbocycles. The number of nitrogens with zero attached hydrogens (tertiary/aromatic N) is 3. The predicted octanol–water partition coefficient (Wildman–Crippen LogP) is 2.60. The molecule has 0 atom stereocenters. The average Bonchev–Trinajstić information content (AvgIpc) is 2.74. The maximum absolute atomic E-state index is 12.4. The monoisotopic (exact) mass is 380 g/mol. The Morgan fingerprint density at radius 1 is 1.07 bits per heavy atom. The molecule has 0 unspecified atom stereocenters. The molecule has 2 amide bonds. The molecule has 144 valence electrons. The highest BCUT2D eigenvalue weighted by Gasteiger charge is 2.27. The van der Waals surface area contributed by atoms with Crippen molar-refractivity contribution in [2.75, 3.05) is 13.1 Å². The highest BCUT2D eigenvalue weighted by atomic mass is 16.6. The van der Waals surface area contributed by atoms with E-state index < -0.39 is 4.92 Å². The molecular weight excluding hydrogens is 360 g/mol. The third-order valence-corrected chi connectivity index (χ3v) is 4.67. The molecular formula is C20H20N4O4. The minimum Gasteiger partial charge on any atom is -0.339 e. The summed E-state index contributed by atoms with van der Waals surface area (Å²) in [6.45, 7) is 1.05. The first-order chi connectivity index (χ1) is 13.5. The lowest BCUT2D eigenvalue weighted by Crippen LogP contribution is -2.42. The summed E-state index contributed by atoms with van der Waals surface area (Å²) in [5.41, 5.74) is 3.80. The van der Waals surface area contributed by atoms with Gasteiger partial charge in [-0.05, 0) is 42.7 Å². The summed E-state index contributed by atoms with van der Waals surface area (Å²) >= 11 is 0. The van der Waals surface area contributed by atoms with Crippen LogP contribution in [0.3, 0.4) is 0 Å². The van der Waals surface area contributed by atoms with E-state index in [0.717, 1.165) is 0 Å². The number of carbonyl (C=O) groups excluding carboxylic acids is 2. The lowest BCUT2D eigenvalue weighted by molar-refractivity contribution is -0.384. The van der Waals surface area contributed by atoms with E-state index >= 15 is 0 Å². The Balaban J connectivity index is 1.47. The van der Waals surface area contributed by atoms with Crippen LogP contribution < -0.4 is 5.43 Å². The van der Waals surface area contributed by atoms with Gasteiger partial charge in [0.25, 0.3) is 11.6 Å². The molecule has 0 spiro atoms. The minimum absolute atomic E-state index is 0.00186. The molecule has 2 aromatic rings. The number of rotatable bonds is 5. The van der Waals surface area contributed by atoms with Gasteiger partial charge in [-0.2, -0.15) is 5.10 Å². The summed E-state index contributed by atoms with van der Waals surface area (Å²) in [5, 5.41) is 14.5. The largest absolute Gasteiger partial charge is 0.339 e. The first-order valence-corrected chi connectivity index (χ1v) is 8.96. The molecule has 0 aromatic heterocycles. The predicted molar refractivity (Wildman–Crippen MR) is 104 cm³/mol. The molecule has 1 aliphatic heterocycles. The molecule has 1 aliphatic rings. The number of benzene rings is 2. The van der Waals surface area contributed by atoms with Crippen molar-refractivity contribution in [2.45, 2.75) is 12.8 Å². The van der Waals surface area contributed by atoms with Crippen LogP contribution in [-0.4, -0.2) is 40.9 Å². The molecule has 0 aliphatic carbocycles. The summed E-state index contributed by atoms with van der Waals surface area (Å²) in [6, 6.07) is 15.0. The van der Waals surface area contributed by atoms with Gasteiger partial charge in [0.1, 0.15) is 0 Å². The van der Waals surface area contributed by atoms with E-state index in [9.17, 15) is 19.7 Å². The second kappa shape index (κ2) is 8.90. The highest BCUT2D eigenvalue weighted by Crippen LogP contribution is 2.19. The Morgan fingerprint density at radius 2 is 1.71 bits per heavy atom. The maximum atomic E-state index is 12.4. The summed E-state index contributed by atoms with van der Waals surface area (Å²) in [5.74, 6) is -0.408. The minimum atomic E-state index is -0.475. The zero-order chi connectivity index (χ0) is 19.9. The number of nitro benzene ring substituents is 1. The number of nitrogens with one attached hydrogen (secondary N) is 1. The van der Waals surface area contributed by atoms with Crippen LogP contribution in [0.4, 0.5) is 5.69 Å². The third-order valence-electron chi connectivity index (χ3n) is 4.67. The van der Waals surface area contributed by atoms with E-state index in [2.05, 4.69) is 10.5 Å². The van der Waals surface area contributed by atoms with Gasteiger partial charge in [-0.15, -0.1) is 0 Å². The van der Waals surface area contributed by atoms with Gasteiger partial charge in [0.15, 0.2) is 0 Å². The zero-order valence-electron chi connectivity index (χ0n) is 15.2. The second-order valence-electron chi connectivity index (χ2n) is 6.52. The maximum Gasteiger partial charge on any atom is 0.269 e. The highest BCUT2D eigenvalue weighted by molar-refractivity contribution is 5.94. The summed E-state index contributed by atoms with van der Waals surface area (Å²) in [4.78, 5) is 36.6. The Morgan fingerprint density at radius 3 is 2.32 bits per heavy atom. The van der Waals surface area contributed by atoms with E-state index in [1.165, 1.54) is 18.3 Å². The van der Waals surface area contributed by atoms with Crippen LogP contribution >= 0.6 is 0 Å². The number of piperidine rings is 1. The molecule has 8 nitrogen and oxygen atoms in total. The molecule has 8 heteroatoms. The van der Waals surface area contributed by atoms with E-state index in [0.29, 0.717) is 37.1 Å². The fourth-order valence-corrected chi connectivity index (χ4v) is 3.05. The van der Waals surface area contributed by atoms with Gasteiger partial charge < -0.3 is 4.90 Å². The molecule has 1 heterocycles. The summed E-state index contributed by atoms with van der Waals surface area (Å²) < 4.78 is 0. The molecule has 2 aromatic carbocycles. The number of hydrogen-bond donors (Lipinski definition) is 1. The molecule has 0 radical (unpaired) electrons. The number of amides is 2. The number of hydrazone groups is 1. The lowest BCUT2D eigenvalue weighted by Gasteiger charge is -2.31. The van der Waals surface area contributed by atoms with Crippen LogP contribution in [0.2, 0.25) is 0 Å². The zero-order valence-corrected chi connectivity index (χ0v) is 15.2. The number of nitro groups is 1. The van der Waals surface area contributed by atoms with E-state index in [-0.39, 0.29) is 23.4 Å². The smallest absolute Gasteiger partial charge is 0.269 e. The van der Waals surface area contributed by atoms with Crippen molar-refractivity contribution in [3.63, 3.8) is 0 Å². The lowest BCUT2D eigenvalue weighted by atomic mass is 9.95. The Kier molecular flexibility index (Phi) is 6.11. The topological polar surface area (TPSA) is 105 Å². The Hall–Kier alpha value is -3.55. The van der Waals surface area contributed by atoms with Crippen LogP contribution in [0.1, 0.15) is 28.8 Å². The van der Waals surface area contributed by atoms with Crippen LogP contribution in [0.15, 0.2) is 59.7 Å². The van der Waals surface area contributed by atoms with Gasteiger partial charge in [0.05, 0.1) is 11.1 Å². The number of non-ortho nitro benzene ring substituents is 1. The van der Waals surface area contributed by atoms with Gasteiger partial charge >= 0.3 is 0 Å². The Bertz CT molecular complexity index is 873. The van der Waals surface area contributed by atoms with Crippen molar-refractivity contribution >= 4 is 23.7 Å². The number of hydrogen-bond acceptors (Lipinski definition) is 5. The van der Waals surface area contributed by atoms with Crippen LogP contribution in [-0.2, 0) is 4.79 Å².